The number of nitrogens with zero attached hydrogens (tertiary/aromatic N) is 4. The van der Waals surface area contributed by atoms with Crippen LogP contribution in [0.3, 0.4) is 0 Å². The van der Waals surface area contributed by atoms with Crippen LogP contribution in [-0.4, -0.2) is 32.7 Å². The van der Waals surface area contributed by atoms with E-state index in [1.54, 1.807) is 13.3 Å². The number of aryl methyl sites for hydroxylation is 1. The molecule has 118 valence electrons. The molecule has 0 spiro atoms. The summed E-state index contributed by atoms with van der Waals surface area (Å²) in [6, 6.07) is 4.39. The summed E-state index contributed by atoms with van der Waals surface area (Å²) < 4.78 is 7.52. The molecule has 1 aliphatic carbocycles. The number of halogens is 1. The van der Waals surface area contributed by atoms with E-state index in [1.165, 1.54) is 19.2 Å². The Kier molecular flexibility index (Phi) is 3.34. The number of anilines is 1. The lowest BCUT2D eigenvalue weighted by Crippen LogP contribution is -2.08. The van der Waals surface area contributed by atoms with Crippen LogP contribution in [0.2, 0.25) is 5.15 Å². The molecule has 0 radical (unpaired) electrons. The Morgan fingerprint density at radius 1 is 1.26 bits per heavy atom. The Morgan fingerprint density at radius 3 is 2.83 bits per heavy atom. The standard InChI is InChI=1S/C16H16ClN5O/c1-22-11(5-9-6-13(17)18-7-12(9)22)14-15(21-10-3-4-10)19-8-20-16(14)23-2/h5-8,10H,3-4H2,1-2H3,(H,19,20,21). The summed E-state index contributed by atoms with van der Waals surface area (Å²) in [6.45, 7) is 0. The van der Waals surface area contributed by atoms with Crippen molar-refractivity contribution in [2.45, 2.75) is 18.9 Å². The molecule has 3 aromatic heterocycles. The zero-order valence-electron chi connectivity index (χ0n) is 12.9. The highest BCUT2D eigenvalue weighted by molar-refractivity contribution is 6.30. The highest BCUT2D eigenvalue weighted by Crippen LogP contribution is 2.38. The van der Waals surface area contributed by atoms with E-state index < -0.39 is 0 Å². The van der Waals surface area contributed by atoms with Gasteiger partial charge in [0.2, 0.25) is 5.88 Å². The van der Waals surface area contributed by atoms with E-state index in [9.17, 15) is 0 Å². The third-order valence-corrected chi connectivity index (χ3v) is 4.28. The summed E-state index contributed by atoms with van der Waals surface area (Å²) in [7, 11) is 3.61. The first-order valence-corrected chi connectivity index (χ1v) is 7.82. The normalized spacial score (nSPS) is 14.2. The van der Waals surface area contributed by atoms with Gasteiger partial charge in [-0.3, -0.25) is 0 Å². The first-order chi connectivity index (χ1) is 11.2. The van der Waals surface area contributed by atoms with Crippen molar-refractivity contribution >= 4 is 28.3 Å². The summed E-state index contributed by atoms with van der Waals surface area (Å²) in [5, 5.41) is 4.95. The summed E-state index contributed by atoms with van der Waals surface area (Å²) in [5.41, 5.74) is 2.81. The van der Waals surface area contributed by atoms with Crippen LogP contribution in [-0.2, 0) is 7.05 Å². The van der Waals surface area contributed by atoms with E-state index in [2.05, 4.69) is 30.9 Å². The van der Waals surface area contributed by atoms with Gasteiger partial charge >= 0.3 is 0 Å². The maximum atomic E-state index is 6.01. The van der Waals surface area contributed by atoms with Crippen LogP contribution in [0.15, 0.2) is 24.7 Å². The molecule has 23 heavy (non-hydrogen) atoms. The Balaban J connectivity index is 1.93. The number of fused-ring (bicyclic) bond motifs is 1. The molecule has 1 saturated carbocycles. The lowest BCUT2D eigenvalue weighted by Gasteiger charge is -2.14. The quantitative estimate of drug-likeness (QED) is 0.744. The van der Waals surface area contributed by atoms with E-state index in [1.807, 2.05) is 13.1 Å². The molecule has 0 aromatic carbocycles. The predicted octanol–water partition coefficient (Wildman–Crippen LogP) is 3.27. The Labute approximate surface area is 138 Å². The van der Waals surface area contributed by atoms with E-state index >= 15 is 0 Å². The predicted molar refractivity (Wildman–Crippen MR) is 89.9 cm³/mol. The molecule has 6 nitrogen and oxygen atoms in total. The van der Waals surface area contributed by atoms with Crippen molar-refractivity contribution < 1.29 is 4.74 Å². The fourth-order valence-corrected chi connectivity index (χ4v) is 2.90. The van der Waals surface area contributed by atoms with Crippen LogP contribution in [0.5, 0.6) is 5.88 Å². The van der Waals surface area contributed by atoms with Gasteiger partial charge in [-0.2, -0.15) is 0 Å². The van der Waals surface area contributed by atoms with E-state index in [0.29, 0.717) is 17.1 Å². The van der Waals surface area contributed by atoms with Crippen molar-refractivity contribution in [1.29, 1.82) is 0 Å². The molecule has 0 saturated heterocycles. The van der Waals surface area contributed by atoms with Crippen molar-refractivity contribution in [2.24, 2.45) is 7.05 Å². The summed E-state index contributed by atoms with van der Waals surface area (Å²) in [4.78, 5) is 12.8. The lowest BCUT2D eigenvalue weighted by molar-refractivity contribution is 0.398. The van der Waals surface area contributed by atoms with Gasteiger partial charge in [0.15, 0.2) is 0 Å². The molecule has 1 N–H and O–H groups in total. The minimum Gasteiger partial charge on any atom is -0.480 e. The van der Waals surface area contributed by atoms with Crippen LogP contribution >= 0.6 is 11.6 Å². The zero-order valence-corrected chi connectivity index (χ0v) is 13.6. The fraction of sp³-hybridized carbons (Fsp3) is 0.312. The number of methoxy groups -OCH3 is 1. The molecular formula is C16H16ClN5O. The highest BCUT2D eigenvalue weighted by atomic mass is 35.5. The first-order valence-electron chi connectivity index (χ1n) is 7.44. The molecule has 1 fully saturated rings. The summed E-state index contributed by atoms with van der Waals surface area (Å²) in [6.07, 6.45) is 5.63. The number of hydrogen-bond acceptors (Lipinski definition) is 5. The second-order valence-electron chi connectivity index (χ2n) is 5.68. The minimum absolute atomic E-state index is 0.474. The van der Waals surface area contributed by atoms with Gasteiger partial charge in [0.25, 0.3) is 0 Å². The third kappa shape index (κ3) is 2.49. The van der Waals surface area contributed by atoms with Gasteiger partial charge in [-0.15, -0.1) is 0 Å². The smallest absolute Gasteiger partial charge is 0.227 e. The van der Waals surface area contributed by atoms with Crippen LogP contribution in [0, 0.1) is 0 Å². The van der Waals surface area contributed by atoms with Crippen molar-refractivity contribution in [3.63, 3.8) is 0 Å². The lowest BCUT2D eigenvalue weighted by atomic mass is 10.2. The largest absolute Gasteiger partial charge is 0.480 e. The number of aromatic nitrogens is 4. The Morgan fingerprint density at radius 2 is 2.09 bits per heavy atom. The summed E-state index contributed by atoms with van der Waals surface area (Å²) >= 11 is 6.01. The second-order valence-corrected chi connectivity index (χ2v) is 6.07. The van der Waals surface area contributed by atoms with Gasteiger partial charge in [0, 0.05) is 18.5 Å². The Hall–Kier alpha value is -2.34. The third-order valence-electron chi connectivity index (χ3n) is 4.08. The zero-order chi connectivity index (χ0) is 16.0. The molecule has 7 heteroatoms. The van der Waals surface area contributed by atoms with Crippen LogP contribution in [0.1, 0.15) is 12.8 Å². The number of ether oxygens (including phenoxy) is 1. The van der Waals surface area contributed by atoms with E-state index in [-0.39, 0.29) is 0 Å². The Bertz CT molecular complexity index is 888. The molecule has 0 atom stereocenters. The van der Waals surface area contributed by atoms with Crippen molar-refractivity contribution in [3.8, 4) is 17.1 Å². The fourth-order valence-electron chi connectivity index (χ4n) is 2.73. The van der Waals surface area contributed by atoms with Crippen molar-refractivity contribution in [2.75, 3.05) is 12.4 Å². The van der Waals surface area contributed by atoms with Crippen LogP contribution in [0.25, 0.3) is 22.2 Å². The molecule has 3 heterocycles. The summed E-state index contributed by atoms with van der Waals surface area (Å²) in [5.74, 6) is 1.34. The molecule has 0 aliphatic heterocycles. The average molecular weight is 330 g/mol. The molecule has 3 aromatic rings. The van der Waals surface area contributed by atoms with Crippen LogP contribution in [0.4, 0.5) is 5.82 Å². The second kappa shape index (κ2) is 5.38. The first kappa shape index (κ1) is 14.3. The minimum atomic E-state index is 0.474. The van der Waals surface area contributed by atoms with Gasteiger partial charge in [-0.1, -0.05) is 11.6 Å². The molecule has 1 aliphatic rings. The molecule has 0 amide bonds. The van der Waals surface area contributed by atoms with E-state index in [4.69, 9.17) is 16.3 Å². The number of rotatable bonds is 4. The molecule has 0 bridgehead atoms. The highest BCUT2D eigenvalue weighted by Gasteiger charge is 2.26. The van der Waals surface area contributed by atoms with Gasteiger partial charge in [0.1, 0.15) is 22.9 Å². The SMILES string of the molecule is COc1ncnc(NC2CC2)c1-c1cc2cc(Cl)ncc2n1C. The van der Waals surface area contributed by atoms with Gasteiger partial charge in [-0.05, 0) is 25.0 Å². The van der Waals surface area contributed by atoms with Crippen LogP contribution < -0.4 is 10.1 Å². The number of pyridine rings is 1. The van der Waals surface area contributed by atoms with Gasteiger partial charge in [0.05, 0.1) is 24.5 Å². The monoisotopic (exact) mass is 329 g/mol. The maximum Gasteiger partial charge on any atom is 0.227 e. The number of nitrogens with one attached hydrogen (secondary N) is 1. The molecule has 0 unspecified atom stereocenters. The van der Waals surface area contributed by atoms with Crippen molar-refractivity contribution in [3.05, 3.63) is 29.8 Å². The van der Waals surface area contributed by atoms with Gasteiger partial charge < -0.3 is 14.6 Å². The van der Waals surface area contributed by atoms with E-state index in [0.717, 1.165) is 28.0 Å². The molecular weight excluding hydrogens is 314 g/mol. The number of hydrogen-bond donors (Lipinski definition) is 1. The van der Waals surface area contributed by atoms with Crippen molar-refractivity contribution in [1.82, 2.24) is 19.5 Å². The topological polar surface area (TPSA) is 64.9 Å². The maximum absolute atomic E-state index is 6.01. The average Bonchev–Trinajstić information content (AvgIpc) is 3.30. The molecule has 4 rings (SSSR count). The van der Waals surface area contributed by atoms with Gasteiger partial charge in [-0.25, -0.2) is 15.0 Å².